The van der Waals surface area contributed by atoms with Gasteiger partial charge in [0.1, 0.15) is 5.75 Å². The van der Waals surface area contributed by atoms with Gasteiger partial charge in [0.15, 0.2) is 0 Å². The maximum Gasteiger partial charge on any atom is 0.338 e. The van der Waals surface area contributed by atoms with Crippen molar-refractivity contribution in [3.63, 3.8) is 0 Å². The summed E-state index contributed by atoms with van der Waals surface area (Å²) in [6.45, 7) is 20.7. The van der Waals surface area contributed by atoms with E-state index in [4.69, 9.17) is 9.47 Å². The molecule has 0 N–H and O–H groups in total. The Balaban J connectivity index is 2.00. The number of rotatable bonds is 11. The molecule has 0 radical (unpaired) electrons. The van der Waals surface area contributed by atoms with Crippen molar-refractivity contribution >= 4 is 11.5 Å². The minimum absolute atomic E-state index is 0.130. The fraction of sp³-hybridized carbons (Fsp3) is 0.545. The first-order valence-corrected chi connectivity index (χ1v) is 13.8. The zero-order chi connectivity index (χ0) is 26.5. The SMILES string of the molecule is C=C(C(=O)OCC)c1cc(-c2cc3c(cc2C)C(C)(C)CCC3(C)C)ccc1OCCCCCCC. The summed E-state index contributed by atoms with van der Waals surface area (Å²) in [5, 5.41) is 0. The number of carbonyl (C=O) groups excluding carboxylic acids is 1. The maximum atomic E-state index is 12.6. The van der Waals surface area contributed by atoms with Gasteiger partial charge < -0.3 is 9.47 Å². The molecule has 3 nitrogen and oxygen atoms in total. The molecule has 0 heterocycles. The number of hydrogen-bond donors (Lipinski definition) is 0. The smallest absolute Gasteiger partial charge is 0.338 e. The fourth-order valence-corrected chi connectivity index (χ4v) is 5.31. The van der Waals surface area contributed by atoms with Crippen molar-refractivity contribution < 1.29 is 14.3 Å². The molecule has 0 atom stereocenters. The molecule has 3 rings (SSSR count). The lowest BCUT2D eigenvalue weighted by atomic mass is 9.62. The Hall–Kier alpha value is -2.55. The van der Waals surface area contributed by atoms with Gasteiger partial charge in [-0.3, -0.25) is 0 Å². The van der Waals surface area contributed by atoms with Crippen molar-refractivity contribution in [2.75, 3.05) is 13.2 Å². The van der Waals surface area contributed by atoms with Crippen molar-refractivity contribution in [2.24, 2.45) is 0 Å². The highest BCUT2D eigenvalue weighted by Gasteiger charge is 2.37. The molecular formula is C33H46O3. The number of benzene rings is 2. The molecule has 0 bridgehead atoms. The van der Waals surface area contributed by atoms with Crippen LogP contribution < -0.4 is 4.74 Å². The average Bonchev–Trinajstić information content (AvgIpc) is 2.84. The van der Waals surface area contributed by atoms with Crippen molar-refractivity contribution in [1.82, 2.24) is 0 Å². The van der Waals surface area contributed by atoms with E-state index in [2.05, 4.69) is 72.4 Å². The van der Waals surface area contributed by atoms with Crippen molar-refractivity contribution in [2.45, 2.75) is 104 Å². The lowest BCUT2D eigenvalue weighted by Crippen LogP contribution is -2.34. The van der Waals surface area contributed by atoms with E-state index in [0.29, 0.717) is 24.5 Å². The van der Waals surface area contributed by atoms with Crippen LogP contribution in [0, 0.1) is 6.92 Å². The Kier molecular flexibility index (Phi) is 9.08. The zero-order valence-electron chi connectivity index (χ0n) is 23.7. The second-order valence-electron chi connectivity index (χ2n) is 11.7. The van der Waals surface area contributed by atoms with E-state index in [0.717, 1.165) is 24.0 Å². The van der Waals surface area contributed by atoms with Gasteiger partial charge in [0.05, 0.1) is 18.8 Å². The molecule has 1 aliphatic carbocycles. The molecule has 2 aromatic carbocycles. The lowest BCUT2D eigenvalue weighted by molar-refractivity contribution is -0.136. The largest absolute Gasteiger partial charge is 0.493 e. The second kappa shape index (κ2) is 11.7. The molecule has 0 spiro atoms. The summed E-state index contributed by atoms with van der Waals surface area (Å²) in [5.74, 6) is 0.303. The molecular weight excluding hydrogens is 444 g/mol. The summed E-state index contributed by atoms with van der Waals surface area (Å²) in [5.41, 5.74) is 7.77. The molecule has 196 valence electrons. The molecule has 1 aliphatic rings. The van der Waals surface area contributed by atoms with Crippen LogP contribution in [0.4, 0.5) is 0 Å². The van der Waals surface area contributed by atoms with E-state index < -0.39 is 5.97 Å². The van der Waals surface area contributed by atoms with Gasteiger partial charge in [-0.15, -0.1) is 0 Å². The van der Waals surface area contributed by atoms with Gasteiger partial charge in [-0.25, -0.2) is 4.79 Å². The van der Waals surface area contributed by atoms with Crippen LogP contribution in [0.25, 0.3) is 16.7 Å². The molecule has 0 amide bonds. The quantitative estimate of drug-likeness (QED) is 0.179. The summed E-state index contributed by atoms with van der Waals surface area (Å²) >= 11 is 0. The molecule has 0 saturated carbocycles. The Morgan fingerprint density at radius 2 is 1.56 bits per heavy atom. The van der Waals surface area contributed by atoms with E-state index >= 15 is 0 Å². The first kappa shape index (κ1) is 28.0. The Morgan fingerprint density at radius 1 is 0.917 bits per heavy atom. The van der Waals surface area contributed by atoms with Crippen LogP contribution in [0.15, 0.2) is 36.9 Å². The van der Waals surface area contributed by atoms with Crippen LogP contribution >= 0.6 is 0 Å². The lowest BCUT2D eigenvalue weighted by Gasteiger charge is -2.42. The van der Waals surface area contributed by atoms with Crippen molar-refractivity contribution in [3.8, 4) is 16.9 Å². The highest BCUT2D eigenvalue weighted by Crippen LogP contribution is 2.48. The van der Waals surface area contributed by atoms with Crippen molar-refractivity contribution in [3.05, 3.63) is 59.2 Å². The number of unbranched alkanes of at least 4 members (excludes halogenated alkanes) is 4. The highest BCUT2D eigenvalue weighted by molar-refractivity contribution is 6.16. The molecule has 0 unspecified atom stereocenters. The first-order valence-electron chi connectivity index (χ1n) is 13.8. The van der Waals surface area contributed by atoms with Crippen LogP contribution in [0.2, 0.25) is 0 Å². The van der Waals surface area contributed by atoms with E-state index in [-0.39, 0.29) is 10.8 Å². The van der Waals surface area contributed by atoms with Crippen molar-refractivity contribution in [1.29, 1.82) is 0 Å². The summed E-state index contributed by atoms with van der Waals surface area (Å²) in [6, 6.07) is 10.9. The van der Waals surface area contributed by atoms with Crippen LogP contribution in [0.3, 0.4) is 0 Å². The van der Waals surface area contributed by atoms with E-state index in [1.165, 1.54) is 54.4 Å². The molecule has 0 aliphatic heterocycles. The number of hydrogen-bond acceptors (Lipinski definition) is 3. The normalized spacial score (nSPS) is 15.8. The van der Waals surface area contributed by atoms with Gasteiger partial charge in [0.2, 0.25) is 0 Å². The molecule has 3 heteroatoms. The van der Waals surface area contributed by atoms with Crippen LogP contribution in [-0.4, -0.2) is 19.2 Å². The summed E-state index contributed by atoms with van der Waals surface area (Å²) in [6.07, 6.45) is 8.23. The average molecular weight is 491 g/mol. The van der Waals surface area contributed by atoms with Gasteiger partial charge in [-0.1, -0.05) is 85.1 Å². The summed E-state index contributed by atoms with van der Waals surface area (Å²) in [4.78, 5) is 12.6. The fourth-order valence-electron chi connectivity index (χ4n) is 5.31. The summed E-state index contributed by atoms with van der Waals surface area (Å²) in [7, 11) is 0. The Labute approximate surface area is 219 Å². The third-order valence-corrected chi connectivity index (χ3v) is 7.84. The Bertz CT molecular complexity index is 1090. The minimum Gasteiger partial charge on any atom is -0.493 e. The third-order valence-electron chi connectivity index (χ3n) is 7.84. The van der Waals surface area contributed by atoms with E-state index in [1.807, 2.05) is 13.0 Å². The minimum atomic E-state index is -0.396. The Morgan fingerprint density at radius 3 is 2.19 bits per heavy atom. The molecule has 0 saturated heterocycles. The molecule has 36 heavy (non-hydrogen) atoms. The molecule has 2 aromatic rings. The first-order chi connectivity index (χ1) is 17.0. The van der Waals surface area contributed by atoms with Gasteiger partial charge in [0, 0.05) is 5.56 Å². The monoisotopic (exact) mass is 490 g/mol. The van der Waals surface area contributed by atoms with Crippen LogP contribution in [0.1, 0.15) is 109 Å². The topological polar surface area (TPSA) is 35.5 Å². The van der Waals surface area contributed by atoms with Gasteiger partial charge >= 0.3 is 5.97 Å². The van der Waals surface area contributed by atoms with Gasteiger partial charge in [-0.05, 0) is 83.9 Å². The summed E-state index contributed by atoms with van der Waals surface area (Å²) < 4.78 is 11.5. The number of esters is 1. The number of carbonyl (C=O) groups is 1. The second-order valence-corrected chi connectivity index (χ2v) is 11.7. The molecule has 0 fully saturated rings. The number of ether oxygens (including phenoxy) is 2. The number of fused-ring (bicyclic) bond motifs is 1. The van der Waals surface area contributed by atoms with Crippen LogP contribution in [0.5, 0.6) is 5.75 Å². The van der Waals surface area contributed by atoms with E-state index in [1.54, 1.807) is 0 Å². The van der Waals surface area contributed by atoms with Crippen LogP contribution in [-0.2, 0) is 20.4 Å². The highest BCUT2D eigenvalue weighted by atomic mass is 16.5. The maximum absolute atomic E-state index is 12.6. The predicted molar refractivity (Wildman–Crippen MR) is 152 cm³/mol. The van der Waals surface area contributed by atoms with Gasteiger partial charge in [-0.2, -0.15) is 0 Å². The predicted octanol–water partition coefficient (Wildman–Crippen LogP) is 8.94. The number of aryl methyl sites for hydroxylation is 1. The molecule has 0 aromatic heterocycles. The standard InChI is InChI=1S/C33H46O3/c1-9-11-12-13-14-19-36-30-16-15-25(21-27(30)24(4)31(34)35-10-2)26-22-29-28(20-23(26)3)32(5,6)17-18-33(29,7)8/h15-16,20-22H,4,9-14,17-19H2,1-3,5-8H3. The van der Waals surface area contributed by atoms with Gasteiger partial charge in [0.25, 0.3) is 0 Å². The zero-order valence-corrected chi connectivity index (χ0v) is 23.7. The third kappa shape index (κ3) is 6.22. The van der Waals surface area contributed by atoms with E-state index in [9.17, 15) is 4.79 Å².